The minimum Gasteiger partial charge on any atom is -0.481 e. The minimum atomic E-state index is -0.602. The zero-order valence-electron chi connectivity index (χ0n) is 14.0. The summed E-state index contributed by atoms with van der Waals surface area (Å²) in [6.45, 7) is 5.86. The van der Waals surface area contributed by atoms with Crippen LogP contribution in [0.1, 0.15) is 41.1 Å². The van der Waals surface area contributed by atoms with E-state index in [0.29, 0.717) is 23.7 Å². The van der Waals surface area contributed by atoms with Crippen molar-refractivity contribution >= 4 is 0 Å². The first kappa shape index (κ1) is 16.7. The lowest BCUT2D eigenvalue weighted by Crippen LogP contribution is -2.12. The molecule has 0 spiro atoms. The normalized spacial score (nSPS) is 11.7. The maximum Gasteiger partial charge on any atom is 0.319 e. The first-order chi connectivity index (χ1) is 11.0. The highest BCUT2D eigenvalue weighted by Crippen LogP contribution is 2.31. The van der Waals surface area contributed by atoms with Crippen molar-refractivity contribution in [3.05, 3.63) is 40.3 Å². The number of nitrogens with zero attached hydrogens (tertiary/aromatic N) is 4. The molecule has 0 aromatic carbocycles. The molecule has 120 valence electrons. The second-order valence-electron chi connectivity index (χ2n) is 5.21. The fourth-order valence-corrected chi connectivity index (χ4v) is 2.58. The molecule has 0 N–H and O–H groups in total. The van der Waals surface area contributed by atoms with Crippen LogP contribution in [0.25, 0.3) is 0 Å². The van der Waals surface area contributed by atoms with Crippen molar-refractivity contribution in [1.29, 1.82) is 5.26 Å². The number of methoxy groups -OCH3 is 2. The van der Waals surface area contributed by atoms with Gasteiger partial charge in [-0.05, 0) is 38.0 Å². The molecule has 2 rings (SSSR count). The van der Waals surface area contributed by atoms with Gasteiger partial charge in [-0.1, -0.05) is 6.92 Å². The molecule has 0 aliphatic heterocycles. The predicted molar refractivity (Wildman–Crippen MR) is 85.7 cm³/mol. The van der Waals surface area contributed by atoms with Crippen LogP contribution in [0, 0.1) is 25.2 Å². The van der Waals surface area contributed by atoms with E-state index >= 15 is 0 Å². The van der Waals surface area contributed by atoms with Crippen molar-refractivity contribution in [2.24, 2.45) is 0 Å². The molecule has 23 heavy (non-hydrogen) atoms. The van der Waals surface area contributed by atoms with Crippen LogP contribution in [0.3, 0.4) is 0 Å². The Kier molecular flexibility index (Phi) is 5.12. The SMILES string of the molecule is CCc1c(OC)nc(OC)nc1C(C#N)c1cc(C)cc(C)n1. The van der Waals surface area contributed by atoms with Crippen molar-refractivity contribution < 1.29 is 9.47 Å². The molecule has 0 radical (unpaired) electrons. The summed E-state index contributed by atoms with van der Waals surface area (Å²) in [5.74, 6) is -0.173. The molecule has 0 bridgehead atoms. The molecule has 0 aliphatic carbocycles. The molecule has 0 saturated heterocycles. The van der Waals surface area contributed by atoms with Gasteiger partial charge in [-0.25, -0.2) is 0 Å². The van der Waals surface area contributed by atoms with Gasteiger partial charge in [-0.15, -0.1) is 0 Å². The maximum absolute atomic E-state index is 9.73. The van der Waals surface area contributed by atoms with Crippen molar-refractivity contribution in [2.45, 2.75) is 33.1 Å². The molecule has 0 amide bonds. The largest absolute Gasteiger partial charge is 0.481 e. The van der Waals surface area contributed by atoms with Gasteiger partial charge in [0.15, 0.2) is 0 Å². The van der Waals surface area contributed by atoms with E-state index in [2.05, 4.69) is 21.0 Å². The predicted octanol–water partition coefficient (Wildman–Crippen LogP) is 2.72. The van der Waals surface area contributed by atoms with Crippen molar-refractivity contribution in [3.63, 3.8) is 0 Å². The van der Waals surface area contributed by atoms with E-state index in [4.69, 9.17) is 9.47 Å². The molecular weight excluding hydrogens is 292 g/mol. The van der Waals surface area contributed by atoms with Crippen LogP contribution < -0.4 is 9.47 Å². The number of nitriles is 1. The van der Waals surface area contributed by atoms with Crippen molar-refractivity contribution in [3.8, 4) is 18.0 Å². The van der Waals surface area contributed by atoms with Crippen molar-refractivity contribution in [1.82, 2.24) is 15.0 Å². The van der Waals surface area contributed by atoms with Crippen molar-refractivity contribution in [2.75, 3.05) is 14.2 Å². The van der Waals surface area contributed by atoms with Crippen LogP contribution in [0.2, 0.25) is 0 Å². The molecule has 6 heteroatoms. The highest BCUT2D eigenvalue weighted by atomic mass is 16.5. The standard InChI is InChI=1S/C17H20N4O2/c1-6-12-15(20-17(23-5)21-16(12)22-4)13(9-18)14-8-10(2)7-11(3)19-14/h7-8,13H,6H2,1-5H3. The molecule has 6 nitrogen and oxygen atoms in total. The van der Waals surface area contributed by atoms with E-state index in [9.17, 15) is 5.26 Å². The monoisotopic (exact) mass is 312 g/mol. The van der Waals surface area contributed by atoms with Crippen LogP contribution in [0.15, 0.2) is 12.1 Å². The fraction of sp³-hybridized carbons (Fsp3) is 0.412. The molecule has 2 aromatic heterocycles. The van der Waals surface area contributed by atoms with E-state index in [1.165, 1.54) is 7.11 Å². The summed E-state index contributed by atoms with van der Waals surface area (Å²) in [5.41, 5.74) is 3.96. The average Bonchev–Trinajstić information content (AvgIpc) is 2.53. The summed E-state index contributed by atoms with van der Waals surface area (Å²) in [4.78, 5) is 13.1. The minimum absolute atomic E-state index is 0.179. The lowest BCUT2D eigenvalue weighted by atomic mass is 9.95. The van der Waals surface area contributed by atoms with Gasteiger partial charge in [0.1, 0.15) is 5.92 Å². The molecule has 0 saturated carbocycles. The van der Waals surface area contributed by atoms with Crippen LogP contribution in [-0.4, -0.2) is 29.2 Å². The summed E-state index contributed by atoms with van der Waals surface area (Å²) in [6, 6.07) is 6.36. The van der Waals surface area contributed by atoms with Crippen LogP contribution in [0.4, 0.5) is 0 Å². The highest BCUT2D eigenvalue weighted by molar-refractivity contribution is 5.42. The van der Waals surface area contributed by atoms with E-state index in [-0.39, 0.29) is 6.01 Å². The third-order valence-corrected chi connectivity index (χ3v) is 3.53. The van der Waals surface area contributed by atoms with Crippen LogP contribution in [-0.2, 0) is 6.42 Å². The lowest BCUT2D eigenvalue weighted by molar-refractivity contribution is 0.346. The Morgan fingerprint density at radius 2 is 1.87 bits per heavy atom. The third-order valence-electron chi connectivity index (χ3n) is 3.53. The summed E-state index contributed by atoms with van der Waals surface area (Å²) in [6.07, 6.45) is 0.644. The van der Waals surface area contributed by atoms with Gasteiger partial charge in [0.05, 0.1) is 31.7 Å². The number of ether oxygens (including phenoxy) is 2. The second-order valence-corrected chi connectivity index (χ2v) is 5.21. The maximum atomic E-state index is 9.73. The molecular formula is C17H20N4O2. The van der Waals surface area contributed by atoms with Gasteiger partial charge >= 0.3 is 6.01 Å². The van der Waals surface area contributed by atoms with Gasteiger partial charge in [0.2, 0.25) is 5.88 Å². The first-order valence-corrected chi connectivity index (χ1v) is 7.37. The summed E-state index contributed by atoms with van der Waals surface area (Å²) < 4.78 is 10.5. The zero-order chi connectivity index (χ0) is 17.0. The Bertz CT molecular complexity index is 733. The third kappa shape index (κ3) is 3.39. The molecule has 0 fully saturated rings. The van der Waals surface area contributed by atoms with Gasteiger partial charge < -0.3 is 9.47 Å². The molecule has 1 unspecified atom stereocenters. The molecule has 2 heterocycles. The number of pyridine rings is 1. The Morgan fingerprint density at radius 3 is 2.39 bits per heavy atom. The van der Waals surface area contributed by atoms with E-state index in [1.807, 2.05) is 32.9 Å². The Hall–Kier alpha value is -2.68. The smallest absolute Gasteiger partial charge is 0.319 e. The fourth-order valence-electron chi connectivity index (χ4n) is 2.58. The lowest BCUT2D eigenvalue weighted by Gasteiger charge is -2.16. The topological polar surface area (TPSA) is 80.9 Å². The number of hydrogen-bond acceptors (Lipinski definition) is 6. The molecule has 1 atom stereocenters. The zero-order valence-corrected chi connectivity index (χ0v) is 14.0. The van der Waals surface area contributed by atoms with Crippen LogP contribution in [0.5, 0.6) is 11.9 Å². The van der Waals surface area contributed by atoms with Gasteiger partial charge in [0.25, 0.3) is 0 Å². The quantitative estimate of drug-likeness (QED) is 0.844. The highest BCUT2D eigenvalue weighted by Gasteiger charge is 2.25. The van der Waals surface area contributed by atoms with E-state index in [1.54, 1.807) is 7.11 Å². The number of aromatic nitrogens is 3. The number of rotatable bonds is 5. The van der Waals surface area contributed by atoms with Crippen LogP contribution >= 0.6 is 0 Å². The second kappa shape index (κ2) is 7.05. The Balaban J connectivity index is 2.67. The Labute approximate surface area is 136 Å². The summed E-state index contributed by atoms with van der Waals surface area (Å²) in [7, 11) is 3.03. The number of hydrogen-bond donors (Lipinski definition) is 0. The molecule has 2 aromatic rings. The van der Waals surface area contributed by atoms with E-state index in [0.717, 1.165) is 16.8 Å². The average molecular weight is 312 g/mol. The Morgan fingerprint density at radius 1 is 1.13 bits per heavy atom. The summed E-state index contributed by atoms with van der Waals surface area (Å²) in [5, 5.41) is 9.73. The summed E-state index contributed by atoms with van der Waals surface area (Å²) >= 11 is 0. The van der Waals surface area contributed by atoms with Gasteiger partial charge in [-0.2, -0.15) is 15.2 Å². The van der Waals surface area contributed by atoms with Gasteiger partial charge in [0, 0.05) is 11.3 Å². The number of aryl methyl sites for hydroxylation is 2. The molecule has 0 aliphatic rings. The van der Waals surface area contributed by atoms with Gasteiger partial charge in [-0.3, -0.25) is 4.98 Å². The first-order valence-electron chi connectivity index (χ1n) is 7.37. The van der Waals surface area contributed by atoms with E-state index < -0.39 is 5.92 Å².